The molecule has 0 unspecified atom stereocenters. The van der Waals surface area contributed by atoms with E-state index in [0.29, 0.717) is 33.0 Å². The summed E-state index contributed by atoms with van der Waals surface area (Å²) in [5.74, 6) is 0. The predicted molar refractivity (Wildman–Crippen MR) is 208 cm³/mol. The van der Waals surface area contributed by atoms with Crippen LogP contribution in [0.3, 0.4) is 0 Å². The van der Waals surface area contributed by atoms with Crippen molar-refractivity contribution < 1.29 is 23.3 Å². The van der Waals surface area contributed by atoms with Crippen LogP contribution in [0.4, 0.5) is 0 Å². The first-order valence-electron chi connectivity index (χ1n) is 23.9. The summed E-state index contributed by atoms with van der Waals surface area (Å²) in [6.45, 7) is 0. The van der Waals surface area contributed by atoms with Crippen molar-refractivity contribution in [2.24, 2.45) is 0 Å². The predicted octanol–water partition coefficient (Wildman–Crippen LogP) is 13.6. The fourth-order valence-corrected chi connectivity index (χ4v) is 7.24. The highest BCUT2D eigenvalue weighted by Gasteiger charge is 2.18. The minimum atomic E-state index is -0.566. The third-order valence-electron chi connectivity index (χ3n) is 9.35. The molecule has 0 aliphatic rings. The van der Waals surface area contributed by atoms with Crippen LogP contribution in [-0.2, 0) is 0 Å². The summed E-state index contributed by atoms with van der Waals surface area (Å²) in [4.78, 5) is 0. The first-order chi connectivity index (χ1) is 30.9. The van der Waals surface area contributed by atoms with Crippen LogP contribution in [-0.4, -0.2) is 0 Å². The van der Waals surface area contributed by atoms with Gasteiger partial charge in [-0.2, -0.15) is 0 Å². The summed E-state index contributed by atoms with van der Waals surface area (Å²) in [6.07, 6.45) is 0. The highest BCUT2D eigenvalue weighted by Crippen LogP contribution is 2.45. The molecule has 0 heteroatoms. The molecule has 11 aromatic carbocycles. The lowest BCUT2D eigenvalue weighted by molar-refractivity contribution is 1.61. The standard InChI is InChI=1S/C48H28/c1-2-12-37-35(7-1)27-36(28-44(37)41-24-20-34-18-16-30-9-6-11-32-22-26-43(41)48(34)46(30)32)38-13-3-4-14-39(38)40-23-19-33-17-15-29-8-5-10-31-21-25-42(40)47(33)45(29)31/h1-28H/i5D,6D,8D,9D,10D,11D,15D,16D,17D,18D,19D,20D,21D,22D,23D,24D,26D. The van der Waals surface area contributed by atoms with Gasteiger partial charge in [-0.25, -0.2) is 0 Å². The molecule has 0 aliphatic carbocycles. The van der Waals surface area contributed by atoms with E-state index in [4.69, 9.17) is 15.1 Å². The van der Waals surface area contributed by atoms with Crippen molar-refractivity contribution in [2.45, 2.75) is 0 Å². The van der Waals surface area contributed by atoms with Crippen LogP contribution < -0.4 is 0 Å². The zero-order valence-electron chi connectivity index (χ0n) is 41.9. The minimum absolute atomic E-state index is 0.00415. The molecule has 11 aromatic rings. The van der Waals surface area contributed by atoms with Crippen LogP contribution in [0.25, 0.3) is 109 Å². The summed E-state index contributed by atoms with van der Waals surface area (Å²) in [5, 5.41) is 1.33. The molecule has 0 aromatic heterocycles. The van der Waals surface area contributed by atoms with Gasteiger partial charge in [0.1, 0.15) is 0 Å². The van der Waals surface area contributed by atoms with Gasteiger partial charge in [0.25, 0.3) is 0 Å². The third kappa shape index (κ3) is 3.55. The average molecular weight is 622 g/mol. The van der Waals surface area contributed by atoms with Gasteiger partial charge in [0.05, 0.1) is 23.3 Å². The first kappa shape index (κ1) is 14.7. The van der Waals surface area contributed by atoms with E-state index in [0.717, 1.165) is 0 Å². The van der Waals surface area contributed by atoms with Crippen LogP contribution in [0.5, 0.6) is 0 Å². The topological polar surface area (TPSA) is 0 Å². The van der Waals surface area contributed by atoms with Crippen LogP contribution in [0.15, 0.2) is 169 Å². The lowest BCUT2D eigenvalue weighted by Gasteiger charge is -2.19. The Morgan fingerprint density at radius 2 is 0.812 bits per heavy atom. The van der Waals surface area contributed by atoms with Gasteiger partial charge in [0.15, 0.2) is 0 Å². The van der Waals surface area contributed by atoms with E-state index in [1.807, 2.05) is 12.1 Å². The van der Waals surface area contributed by atoms with Crippen molar-refractivity contribution >= 4 is 75.4 Å². The molecule has 0 saturated heterocycles. The zero-order valence-corrected chi connectivity index (χ0v) is 24.9. The number of fused-ring (bicyclic) bond motifs is 1. The van der Waals surface area contributed by atoms with Crippen LogP contribution in [0.1, 0.15) is 23.3 Å². The normalized spacial score (nSPS) is 17.1. The molecule has 0 spiro atoms. The van der Waals surface area contributed by atoms with E-state index in [-0.39, 0.29) is 93.9 Å². The Kier molecular flexibility index (Phi) is 2.95. The molecule has 0 atom stereocenters. The summed E-state index contributed by atoms with van der Waals surface area (Å²) in [6, 6.07) is 11.9. The maximum atomic E-state index is 9.56. The molecule has 0 amide bonds. The van der Waals surface area contributed by atoms with Crippen LogP contribution in [0.2, 0.25) is 0 Å². The monoisotopic (exact) mass is 621 g/mol. The molecule has 0 N–H and O–H groups in total. The van der Waals surface area contributed by atoms with E-state index in [9.17, 15) is 8.22 Å². The van der Waals surface area contributed by atoms with Crippen LogP contribution >= 0.6 is 0 Å². The van der Waals surface area contributed by atoms with Crippen LogP contribution in [0, 0.1) is 0 Å². The minimum Gasteiger partial charge on any atom is -0.0616 e. The van der Waals surface area contributed by atoms with Crippen molar-refractivity contribution in [3.05, 3.63) is 169 Å². The molecule has 0 heterocycles. The highest BCUT2D eigenvalue weighted by atomic mass is 14.2. The van der Waals surface area contributed by atoms with Crippen molar-refractivity contribution in [1.29, 1.82) is 0 Å². The third-order valence-corrected chi connectivity index (χ3v) is 9.35. The Morgan fingerprint density at radius 1 is 0.292 bits per heavy atom. The number of benzene rings is 11. The van der Waals surface area contributed by atoms with Crippen molar-refractivity contribution in [1.82, 2.24) is 0 Å². The molecule has 0 radical (unpaired) electrons. The SMILES string of the molecule is [2H]c1c(-c2ccccc2-c2cc(-c3c([2H])c([2H])c4c([2H])c([2H])c5c([2H])c([2H])c([2H])c6c([2H])c([2H])c3c4c56)c3ccccc3c2)c2cc([2H])c3c([2H])c([2H])c([2H])c4c([2H])c([2H])c(c1[2H])c2c34. The zero-order chi connectivity index (χ0) is 46.1. The van der Waals surface area contributed by atoms with Gasteiger partial charge in [-0.15, -0.1) is 0 Å². The largest absolute Gasteiger partial charge is 0.0630 e. The Hall–Kier alpha value is -6.24. The quantitative estimate of drug-likeness (QED) is 0.172. The molecular formula is C48H28. The van der Waals surface area contributed by atoms with Gasteiger partial charge in [0, 0.05) is 0 Å². The molecular weight excluding hydrogens is 577 g/mol. The van der Waals surface area contributed by atoms with Gasteiger partial charge >= 0.3 is 0 Å². The molecule has 0 bridgehead atoms. The first-order valence-corrected chi connectivity index (χ1v) is 15.4. The van der Waals surface area contributed by atoms with Crippen molar-refractivity contribution in [2.75, 3.05) is 0 Å². The summed E-state index contributed by atoms with van der Waals surface area (Å²) < 4.78 is 153. The number of hydrogen-bond acceptors (Lipinski definition) is 0. The maximum absolute atomic E-state index is 9.56. The number of rotatable bonds is 3. The molecule has 0 saturated carbocycles. The fourth-order valence-electron chi connectivity index (χ4n) is 7.24. The Morgan fingerprint density at radius 3 is 1.52 bits per heavy atom. The second-order valence-corrected chi connectivity index (χ2v) is 11.9. The summed E-state index contributed by atoms with van der Waals surface area (Å²) >= 11 is 0. The molecule has 0 fully saturated rings. The van der Waals surface area contributed by atoms with Gasteiger partial charge in [-0.1, -0.05) is 157 Å². The summed E-state index contributed by atoms with van der Waals surface area (Å²) in [7, 11) is 0. The van der Waals surface area contributed by atoms with Gasteiger partial charge < -0.3 is 0 Å². The molecule has 0 aliphatic heterocycles. The maximum Gasteiger partial charge on any atom is 0.0630 e. The summed E-state index contributed by atoms with van der Waals surface area (Å²) in [5.41, 5.74) is 2.03. The van der Waals surface area contributed by atoms with E-state index in [1.165, 1.54) is 6.07 Å². The van der Waals surface area contributed by atoms with E-state index >= 15 is 0 Å². The van der Waals surface area contributed by atoms with Gasteiger partial charge in [-0.05, 0) is 121 Å². The lowest BCUT2D eigenvalue weighted by atomic mass is 9.85. The lowest BCUT2D eigenvalue weighted by Crippen LogP contribution is -1.92. The second-order valence-electron chi connectivity index (χ2n) is 11.9. The molecule has 11 rings (SSSR count). The van der Waals surface area contributed by atoms with E-state index < -0.39 is 84.6 Å². The fraction of sp³-hybridized carbons (Fsp3) is 0. The molecule has 220 valence electrons. The van der Waals surface area contributed by atoms with Gasteiger partial charge in [0.2, 0.25) is 0 Å². The van der Waals surface area contributed by atoms with Crippen molar-refractivity contribution in [3.63, 3.8) is 0 Å². The Bertz CT molecular complexity index is 4000. The second kappa shape index (κ2) is 9.64. The van der Waals surface area contributed by atoms with Gasteiger partial charge in [-0.3, -0.25) is 0 Å². The molecule has 0 nitrogen and oxygen atoms in total. The smallest absolute Gasteiger partial charge is 0.0616 e. The van der Waals surface area contributed by atoms with Crippen molar-refractivity contribution in [3.8, 4) is 33.4 Å². The van der Waals surface area contributed by atoms with E-state index in [1.54, 1.807) is 48.5 Å². The number of hydrogen-bond donors (Lipinski definition) is 0. The Balaban J connectivity index is 1.28. The molecule has 48 heavy (non-hydrogen) atoms. The highest BCUT2D eigenvalue weighted by molar-refractivity contribution is 6.27. The van der Waals surface area contributed by atoms with E-state index in [2.05, 4.69) is 0 Å². The average Bonchev–Trinajstić information content (AvgIpc) is 3.29. The Labute approximate surface area is 301 Å².